The predicted molar refractivity (Wildman–Crippen MR) is 110 cm³/mol. The van der Waals surface area contributed by atoms with Crippen molar-refractivity contribution in [3.8, 4) is 17.1 Å². The average Bonchev–Trinajstić information content (AvgIpc) is 3.14. The van der Waals surface area contributed by atoms with Crippen LogP contribution < -0.4 is 15.0 Å². The van der Waals surface area contributed by atoms with Crippen molar-refractivity contribution in [1.29, 1.82) is 0 Å². The zero-order valence-corrected chi connectivity index (χ0v) is 17.7. The number of anilines is 1. The molecular formula is C21H29FN4O3. The van der Waals surface area contributed by atoms with Gasteiger partial charge in [0.1, 0.15) is 5.56 Å². The van der Waals surface area contributed by atoms with Gasteiger partial charge in [-0.15, -0.1) is 0 Å². The Morgan fingerprint density at radius 3 is 2.69 bits per heavy atom. The summed E-state index contributed by atoms with van der Waals surface area (Å²) in [5, 5.41) is 7.19. The number of ether oxygens (including phenoxy) is 1. The molecule has 1 fully saturated rings. The van der Waals surface area contributed by atoms with Crippen molar-refractivity contribution in [2.24, 2.45) is 5.92 Å². The molecule has 158 valence electrons. The van der Waals surface area contributed by atoms with Crippen LogP contribution in [0, 0.1) is 11.7 Å². The fourth-order valence-corrected chi connectivity index (χ4v) is 3.72. The van der Waals surface area contributed by atoms with E-state index in [1.54, 1.807) is 25.1 Å². The van der Waals surface area contributed by atoms with E-state index in [4.69, 9.17) is 9.26 Å². The lowest BCUT2D eigenvalue weighted by Gasteiger charge is -2.33. The second kappa shape index (κ2) is 8.82. The molecule has 8 heteroatoms. The minimum atomic E-state index is -0.481. The Morgan fingerprint density at radius 2 is 2.07 bits per heavy atom. The highest BCUT2D eigenvalue weighted by atomic mass is 19.1. The van der Waals surface area contributed by atoms with Gasteiger partial charge in [-0.2, -0.15) is 0 Å². The van der Waals surface area contributed by atoms with E-state index in [0.29, 0.717) is 28.6 Å². The number of methoxy groups -OCH3 is 1. The zero-order valence-electron chi connectivity index (χ0n) is 17.7. The summed E-state index contributed by atoms with van der Waals surface area (Å²) in [6, 6.07) is 4.37. The van der Waals surface area contributed by atoms with Crippen molar-refractivity contribution < 1.29 is 18.4 Å². The zero-order chi connectivity index (χ0) is 21.1. The molecule has 1 aliphatic heterocycles. The normalized spacial score (nSPS) is 16.5. The quantitative estimate of drug-likeness (QED) is 0.798. The monoisotopic (exact) mass is 404 g/mol. The molecule has 0 saturated carbocycles. The third kappa shape index (κ3) is 4.53. The van der Waals surface area contributed by atoms with Crippen LogP contribution >= 0.6 is 0 Å². The average molecular weight is 404 g/mol. The number of aromatic nitrogens is 1. The van der Waals surface area contributed by atoms with Gasteiger partial charge in [-0.05, 0) is 64.0 Å². The molecule has 1 aromatic carbocycles. The van der Waals surface area contributed by atoms with Crippen LogP contribution in [0.1, 0.15) is 30.1 Å². The van der Waals surface area contributed by atoms with Crippen LogP contribution in [-0.4, -0.2) is 63.3 Å². The molecule has 1 unspecified atom stereocenters. The Kier molecular flexibility index (Phi) is 6.42. The summed E-state index contributed by atoms with van der Waals surface area (Å²) in [6.45, 7) is 4.10. The topological polar surface area (TPSA) is 70.8 Å². The number of nitrogens with zero attached hydrogens (tertiary/aromatic N) is 3. The number of nitrogens with one attached hydrogen (secondary N) is 1. The number of rotatable bonds is 6. The van der Waals surface area contributed by atoms with E-state index in [1.807, 2.05) is 6.92 Å². The summed E-state index contributed by atoms with van der Waals surface area (Å²) in [6.07, 6.45) is 2.09. The second-order valence-corrected chi connectivity index (χ2v) is 7.86. The standard InChI is InChI=1S/C21H29FN4O3/c1-13(14-8-10-26(4)11-9-14)23-21(27)18-19(29-24-20(18)25(2)3)15-6-7-16(22)17(12-15)28-5/h6-7,12-14H,8-11H2,1-5H3,(H,23,27). The van der Waals surface area contributed by atoms with Crippen molar-refractivity contribution in [2.75, 3.05) is 46.2 Å². The Labute approximate surface area is 170 Å². The van der Waals surface area contributed by atoms with Gasteiger partial charge in [0, 0.05) is 25.7 Å². The molecule has 1 atom stereocenters. The number of amides is 1. The van der Waals surface area contributed by atoms with E-state index in [1.165, 1.54) is 19.2 Å². The maximum Gasteiger partial charge on any atom is 0.259 e. The van der Waals surface area contributed by atoms with Crippen LogP contribution in [0.15, 0.2) is 22.7 Å². The molecule has 1 saturated heterocycles. The third-order valence-corrected chi connectivity index (χ3v) is 5.57. The van der Waals surface area contributed by atoms with Crippen LogP contribution in [-0.2, 0) is 0 Å². The van der Waals surface area contributed by atoms with Gasteiger partial charge in [-0.3, -0.25) is 4.79 Å². The number of benzene rings is 1. The highest BCUT2D eigenvalue weighted by molar-refractivity contribution is 6.04. The van der Waals surface area contributed by atoms with Gasteiger partial charge in [0.2, 0.25) is 0 Å². The van der Waals surface area contributed by atoms with Crippen LogP contribution in [0.5, 0.6) is 5.75 Å². The second-order valence-electron chi connectivity index (χ2n) is 7.86. The largest absolute Gasteiger partial charge is 0.494 e. The van der Waals surface area contributed by atoms with E-state index in [9.17, 15) is 9.18 Å². The molecule has 3 rings (SSSR count). The van der Waals surface area contributed by atoms with Gasteiger partial charge in [0.15, 0.2) is 23.1 Å². The molecule has 0 bridgehead atoms. The molecule has 7 nitrogen and oxygen atoms in total. The van der Waals surface area contributed by atoms with Crippen molar-refractivity contribution >= 4 is 11.7 Å². The number of carbonyl (C=O) groups excluding carboxylic acids is 1. The Bertz CT molecular complexity index is 860. The molecule has 0 aliphatic carbocycles. The molecule has 1 amide bonds. The summed E-state index contributed by atoms with van der Waals surface area (Å²) in [5.41, 5.74) is 0.865. The molecule has 1 N–H and O–H groups in total. The fourth-order valence-electron chi connectivity index (χ4n) is 3.72. The number of piperidine rings is 1. The summed E-state index contributed by atoms with van der Waals surface area (Å²) in [4.78, 5) is 17.2. The van der Waals surface area contributed by atoms with E-state index < -0.39 is 5.82 Å². The van der Waals surface area contributed by atoms with E-state index in [2.05, 4.69) is 22.4 Å². The van der Waals surface area contributed by atoms with Crippen LogP contribution in [0.25, 0.3) is 11.3 Å². The van der Waals surface area contributed by atoms with E-state index in [0.717, 1.165) is 25.9 Å². The molecule has 1 aromatic heterocycles. The Hall–Kier alpha value is -2.61. The highest BCUT2D eigenvalue weighted by Gasteiger charge is 2.29. The van der Waals surface area contributed by atoms with Crippen molar-refractivity contribution in [2.45, 2.75) is 25.8 Å². The molecule has 2 aromatic rings. The first-order valence-corrected chi connectivity index (χ1v) is 9.82. The van der Waals surface area contributed by atoms with Crippen LogP contribution in [0.4, 0.5) is 10.2 Å². The summed E-state index contributed by atoms with van der Waals surface area (Å²) in [5.74, 6) is 0.491. The number of carbonyl (C=O) groups is 1. The van der Waals surface area contributed by atoms with Crippen molar-refractivity contribution in [3.63, 3.8) is 0 Å². The van der Waals surface area contributed by atoms with E-state index in [-0.39, 0.29) is 17.7 Å². The first-order valence-electron chi connectivity index (χ1n) is 9.82. The van der Waals surface area contributed by atoms with Gasteiger partial charge in [0.25, 0.3) is 5.91 Å². The van der Waals surface area contributed by atoms with Gasteiger partial charge in [-0.1, -0.05) is 5.16 Å². The SMILES string of the molecule is COc1cc(-c2onc(N(C)C)c2C(=O)NC(C)C2CCN(C)CC2)ccc1F. The fraction of sp³-hybridized carbons (Fsp3) is 0.524. The first kappa shape index (κ1) is 21.1. The lowest BCUT2D eigenvalue weighted by Crippen LogP contribution is -2.43. The molecule has 2 heterocycles. The maximum atomic E-state index is 13.8. The van der Waals surface area contributed by atoms with E-state index >= 15 is 0 Å². The summed E-state index contributed by atoms with van der Waals surface area (Å²) >= 11 is 0. The number of hydrogen-bond acceptors (Lipinski definition) is 6. The Balaban J connectivity index is 1.89. The Morgan fingerprint density at radius 1 is 1.38 bits per heavy atom. The molecule has 1 aliphatic rings. The van der Waals surface area contributed by atoms with Crippen LogP contribution in [0.2, 0.25) is 0 Å². The molecular weight excluding hydrogens is 375 g/mol. The lowest BCUT2D eigenvalue weighted by molar-refractivity contribution is 0.0910. The first-order chi connectivity index (χ1) is 13.8. The number of likely N-dealkylation sites (tertiary alicyclic amines) is 1. The number of hydrogen-bond donors (Lipinski definition) is 1. The predicted octanol–water partition coefficient (Wildman–Crippen LogP) is 3.02. The minimum Gasteiger partial charge on any atom is -0.494 e. The minimum absolute atomic E-state index is 0.0247. The summed E-state index contributed by atoms with van der Waals surface area (Å²) < 4.78 is 24.4. The van der Waals surface area contributed by atoms with Gasteiger partial charge in [-0.25, -0.2) is 4.39 Å². The van der Waals surface area contributed by atoms with Gasteiger partial charge in [0.05, 0.1) is 7.11 Å². The summed E-state index contributed by atoms with van der Waals surface area (Å²) in [7, 11) is 7.10. The smallest absolute Gasteiger partial charge is 0.259 e. The maximum absolute atomic E-state index is 13.8. The van der Waals surface area contributed by atoms with Gasteiger partial charge >= 0.3 is 0 Å². The molecule has 29 heavy (non-hydrogen) atoms. The van der Waals surface area contributed by atoms with Crippen molar-refractivity contribution in [3.05, 3.63) is 29.6 Å². The van der Waals surface area contributed by atoms with Crippen molar-refractivity contribution in [1.82, 2.24) is 15.4 Å². The molecule has 0 radical (unpaired) electrons. The molecule has 0 spiro atoms. The lowest BCUT2D eigenvalue weighted by atomic mass is 9.90. The number of halogens is 1. The highest BCUT2D eigenvalue weighted by Crippen LogP contribution is 2.33. The third-order valence-electron chi connectivity index (χ3n) is 5.57. The van der Waals surface area contributed by atoms with Gasteiger partial charge < -0.3 is 24.4 Å². The van der Waals surface area contributed by atoms with Crippen LogP contribution in [0.3, 0.4) is 0 Å².